The van der Waals surface area contributed by atoms with Gasteiger partial charge >= 0.3 is 0 Å². The molecule has 9 aromatic rings. The summed E-state index contributed by atoms with van der Waals surface area (Å²) in [4.78, 5) is 11.0. The lowest BCUT2D eigenvalue weighted by molar-refractivity contribution is 1.32. The van der Waals surface area contributed by atoms with Crippen molar-refractivity contribution in [1.29, 1.82) is 0 Å². The Bertz CT molecular complexity index is 2480. The summed E-state index contributed by atoms with van der Waals surface area (Å²) in [5, 5.41) is 6.32. The van der Waals surface area contributed by atoms with Gasteiger partial charge in [0.25, 0.3) is 0 Å². The standard InChI is InChI=1S/C38H22N2S2/c1-2-13-28-23(8-1)18-19-32-35-38(42-37(28)32)39-22-33(40-35)27-12-6-10-25(21-27)24-9-5-11-26(20-24)29-15-7-16-31-30-14-3-4-17-34(30)41-36(29)31/h1-22H. The minimum Gasteiger partial charge on any atom is -0.243 e. The number of hydrogen-bond donors (Lipinski definition) is 0. The minimum atomic E-state index is 0.892. The van der Waals surface area contributed by atoms with Gasteiger partial charge in [0.1, 0.15) is 10.3 Å². The molecule has 9 rings (SSSR count). The van der Waals surface area contributed by atoms with Crippen LogP contribution in [0.5, 0.6) is 0 Å². The monoisotopic (exact) mass is 570 g/mol. The van der Waals surface area contributed by atoms with Crippen LogP contribution in [-0.2, 0) is 0 Å². The molecular weight excluding hydrogens is 549 g/mol. The zero-order valence-corrected chi connectivity index (χ0v) is 24.0. The SMILES string of the molecule is c1cc(-c2cccc(-c3cccc4c3sc3ccccc34)c2)cc(-c2cnc3sc4c5ccccc5ccc4c3n2)c1. The maximum Gasteiger partial charge on any atom is 0.143 e. The average molecular weight is 571 g/mol. The van der Waals surface area contributed by atoms with Crippen molar-refractivity contribution in [3.8, 4) is 33.5 Å². The lowest BCUT2D eigenvalue weighted by Gasteiger charge is -2.09. The van der Waals surface area contributed by atoms with Crippen molar-refractivity contribution in [2.45, 2.75) is 0 Å². The summed E-state index contributed by atoms with van der Waals surface area (Å²) in [6.07, 6.45) is 1.91. The summed E-state index contributed by atoms with van der Waals surface area (Å²) in [6, 6.07) is 45.8. The fourth-order valence-corrected chi connectivity index (χ4v) is 8.46. The first kappa shape index (κ1) is 23.8. The van der Waals surface area contributed by atoms with Crippen LogP contribution in [0, 0.1) is 0 Å². The zero-order valence-electron chi connectivity index (χ0n) is 22.4. The van der Waals surface area contributed by atoms with E-state index in [1.165, 1.54) is 63.3 Å². The summed E-state index contributed by atoms with van der Waals surface area (Å²) < 4.78 is 3.91. The molecule has 0 amide bonds. The highest BCUT2D eigenvalue weighted by Crippen LogP contribution is 2.41. The second-order valence-corrected chi connectivity index (χ2v) is 12.7. The lowest BCUT2D eigenvalue weighted by Crippen LogP contribution is -1.88. The number of hydrogen-bond acceptors (Lipinski definition) is 4. The quantitative estimate of drug-likeness (QED) is 0.211. The van der Waals surface area contributed by atoms with Crippen molar-refractivity contribution in [2.75, 3.05) is 0 Å². The maximum atomic E-state index is 5.14. The van der Waals surface area contributed by atoms with E-state index in [1.807, 2.05) is 17.5 Å². The van der Waals surface area contributed by atoms with Crippen molar-refractivity contribution in [1.82, 2.24) is 9.97 Å². The Kier molecular flexibility index (Phi) is 5.27. The Morgan fingerprint density at radius 3 is 2.10 bits per heavy atom. The maximum absolute atomic E-state index is 5.14. The summed E-state index contributed by atoms with van der Waals surface area (Å²) in [7, 11) is 0. The van der Waals surface area contributed by atoms with E-state index in [4.69, 9.17) is 9.97 Å². The van der Waals surface area contributed by atoms with Crippen LogP contribution in [0.4, 0.5) is 0 Å². The van der Waals surface area contributed by atoms with Crippen LogP contribution in [0.3, 0.4) is 0 Å². The fraction of sp³-hybridized carbons (Fsp3) is 0. The number of fused-ring (bicyclic) bond motifs is 8. The first-order chi connectivity index (χ1) is 20.8. The van der Waals surface area contributed by atoms with Crippen molar-refractivity contribution in [3.05, 3.63) is 134 Å². The van der Waals surface area contributed by atoms with Crippen molar-refractivity contribution in [3.63, 3.8) is 0 Å². The first-order valence-corrected chi connectivity index (χ1v) is 15.6. The van der Waals surface area contributed by atoms with Gasteiger partial charge in [0.05, 0.1) is 11.9 Å². The fourth-order valence-electron chi connectivity index (χ4n) is 6.10. The van der Waals surface area contributed by atoms with E-state index < -0.39 is 0 Å². The van der Waals surface area contributed by atoms with Gasteiger partial charge in [-0.15, -0.1) is 22.7 Å². The summed E-state index contributed by atoms with van der Waals surface area (Å²) in [5.41, 5.74) is 7.80. The number of nitrogens with zero attached hydrogens (tertiary/aromatic N) is 2. The summed E-state index contributed by atoms with van der Waals surface area (Å²) in [6.45, 7) is 0. The molecule has 0 aliphatic carbocycles. The Hall–Kier alpha value is -4.90. The number of thiophene rings is 2. The number of benzene rings is 6. The van der Waals surface area contributed by atoms with Gasteiger partial charge in [0.15, 0.2) is 0 Å². The molecule has 0 N–H and O–H groups in total. The first-order valence-electron chi connectivity index (χ1n) is 14.0. The van der Waals surface area contributed by atoms with Gasteiger partial charge in [-0.1, -0.05) is 109 Å². The molecule has 0 spiro atoms. The number of aromatic nitrogens is 2. The molecule has 4 heteroatoms. The lowest BCUT2D eigenvalue weighted by atomic mass is 9.96. The molecule has 0 unspecified atom stereocenters. The van der Waals surface area contributed by atoms with Crippen molar-refractivity contribution in [2.24, 2.45) is 0 Å². The minimum absolute atomic E-state index is 0.892. The van der Waals surface area contributed by atoms with Crippen LogP contribution >= 0.6 is 22.7 Å². The van der Waals surface area contributed by atoms with E-state index in [1.54, 1.807) is 11.3 Å². The van der Waals surface area contributed by atoms with E-state index in [2.05, 4.69) is 127 Å². The van der Waals surface area contributed by atoms with Crippen LogP contribution < -0.4 is 0 Å². The van der Waals surface area contributed by atoms with E-state index >= 15 is 0 Å². The molecule has 42 heavy (non-hydrogen) atoms. The van der Waals surface area contributed by atoms with Gasteiger partial charge in [-0.05, 0) is 51.2 Å². The van der Waals surface area contributed by atoms with Gasteiger partial charge < -0.3 is 0 Å². The molecule has 0 aliphatic rings. The van der Waals surface area contributed by atoms with E-state index in [0.29, 0.717) is 0 Å². The third-order valence-corrected chi connectivity index (χ3v) is 10.5. The van der Waals surface area contributed by atoms with Gasteiger partial charge in [0.2, 0.25) is 0 Å². The molecule has 0 bridgehead atoms. The van der Waals surface area contributed by atoms with Crippen molar-refractivity contribution >= 4 is 74.1 Å². The Balaban J connectivity index is 1.14. The topological polar surface area (TPSA) is 25.8 Å². The van der Waals surface area contributed by atoms with Crippen LogP contribution in [0.1, 0.15) is 0 Å². The summed E-state index contributed by atoms with van der Waals surface area (Å²) >= 11 is 3.60. The van der Waals surface area contributed by atoms with Crippen molar-refractivity contribution < 1.29 is 0 Å². The molecule has 0 atom stereocenters. The molecule has 0 aliphatic heterocycles. The van der Waals surface area contributed by atoms with Gasteiger partial charge in [-0.3, -0.25) is 0 Å². The molecular formula is C38H22N2S2. The Labute approximate surface area is 250 Å². The summed E-state index contributed by atoms with van der Waals surface area (Å²) in [5.74, 6) is 0. The molecule has 0 fully saturated rings. The Morgan fingerprint density at radius 2 is 1.19 bits per heavy atom. The van der Waals surface area contributed by atoms with Crippen LogP contribution in [0.25, 0.3) is 84.9 Å². The van der Waals surface area contributed by atoms with Gasteiger partial charge in [0, 0.05) is 35.8 Å². The zero-order chi connectivity index (χ0) is 27.6. The van der Waals surface area contributed by atoms with E-state index in [9.17, 15) is 0 Å². The second-order valence-electron chi connectivity index (χ2n) is 10.6. The molecule has 3 heterocycles. The number of rotatable bonds is 3. The van der Waals surface area contributed by atoms with Crippen LogP contribution in [0.2, 0.25) is 0 Å². The van der Waals surface area contributed by atoms with Crippen LogP contribution in [-0.4, -0.2) is 9.97 Å². The average Bonchev–Trinajstić information content (AvgIpc) is 3.63. The smallest absolute Gasteiger partial charge is 0.143 e. The molecule has 2 nitrogen and oxygen atoms in total. The highest BCUT2D eigenvalue weighted by Gasteiger charge is 2.14. The van der Waals surface area contributed by atoms with Gasteiger partial charge in [-0.25, -0.2) is 9.97 Å². The third kappa shape index (κ3) is 3.69. The predicted molar refractivity (Wildman–Crippen MR) is 182 cm³/mol. The Morgan fingerprint density at radius 1 is 0.476 bits per heavy atom. The second kappa shape index (κ2) is 9.31. The highest BCUT2D eigenvalue weighted by atomic mass is 32.1. The molecule has 3 aromatic heterocycles. The molecule has 0 radical (unpaired) electrons. The third-order valence-electron chi connectivity index (χ3n) is 8.14. The van der Waals surface area contributed by atoms with Gasteiger partial charge in [-0.2, -0.15) is 0 Å². The highest BCUT2D eigenvalue weighted by molar-refractivity contribution is 7.26. The molecule has 6 aromatic carbocycles. The normalized spacial score (nSPS) is 11.8. The molecule has 196 valence electrons. The van der Waals surface area contributed by atoms with Crippen LogP contribution in [0.15, 0.2) is 134 Å². The van der Waals surface area contributed by atoms with E-state index in [0.717, 1.165) is 21.6 Å². The van der Waals surface area contributed by atoms with E-state index in [-0.39, 0.29) is 0 Å². The largest absolute Gasteiger partial charge is 0.243 e. The molecule has 0 saturated heterocycles. The predicted octanol–water partition coefficient (Wildman–Crippen LogP) is 11.4. The molecule has 0 saturated carbocycles.